The lowest BCUT2D eigenvalue weighted by atomic mass is 9.71. The third-order valence-corrected chi connectivity index (χ3v) is 8.11. The largest absolute Gasteiger partial charge is 0.496 e. The second kappa shape index (κ2) is 11.1. The molecule has 0 radical (unpaired) electrons. The van der Waals surface area contributed by atoms with Crippen molar-refractivity contribution < 1.29 is 19.0 Å². The smallest absolute Gasteiger partial charge is 0.220 e. The van der Waals surface area contributed by atoms with Crippen molar-refractivity contribution in [1.82, 2.24) is 10.2 Å². The summed E-state index contributed by atoms with van der Waals surface area (Å²) in [6.07, 6.45) is 2.35. The standard InChI is InChI=1S/C29H40N2O4/c1-6-26(32)30-27-23-9-7-8-10-24(23)29(28(27)35-18-17-33-4)13-15-31(16-14-29)19-22-11-12-25(34-5)21(3)20(22)2/h7-12,27-28H,6,13-19H2,1-5H3,(H,30,32)/t27-,28+/m1/s1. The number of benzene rings is 2. The molecular weight excluding hydrogens is 440 g/mol. The zero-order chi connectivity index (χ0) is 25.0. The molecule has 0 saturated carbocycles. The van der Waals surface area contributed by atoms with Gasteiger partial charge in [0.1, 0.15) is 5.75 Å². The molecule has 1 aliphatic heterocycles. The van der Waals surface area contributed by atoms with Crippen molar-refractivity contribution in [3.05, 3.63) is 64.2 Å². The Morgan fingerprint density at radius 1 is 1.06 bits per heavy atom. The van der Waals surface area contributed by atoms with E-state index in [9.17, 15) is 4.79 Å². The number of rotatable bonds is 9. The highest BCUT2D eigenvalue weighted by atomic mass is 16.5. The van der Waals surface area contributed by atoms with E-state index in [2.05, 4.69) is 60.5 Å². The molecule has 2 aromatic rings. The topological polar surface area (TPSA) is 60.0 Å². The summed E-state index contributed by atoms with van der Waals surface area (Å²) in [7, 11) is 3.42. The van der Waals surface area contributed by atoms with E-state index in [1.165, 1.54) is 27.8 Å². The predicted octanol–water partition coefficient (Wildman–Crippen LogP) is 4.46. The van der Waals surface area contributed by atoms with Crippen LogP contribution < -0.4 is 10.1 Å². The number of hydrogen-bond donors (Lipinski definition) is 1. The minimum Gasteiger partial charge on any atom is -0.496 e. The van der Waals surface area contributed by atoms with Crippen molar-refractivity contribution in [3.8, 4) is 5.75 Å². The molecule has 0 unspecified atom stereocenters. The first-order valence-corrected chi connectivity index (χ1v) is 12.8. The van der Waals surface area contributed by atoms with Gasteiger partial charge in [-0.3, -0.25) is 9.69 Å². The van der Waals surface area contributed by atoms with Gasteiger partial charge >= 0.3 is 0 Å². The van der Waals surface area contributed by atoms with Crippen LogP contribution in [0.5, 0.6) is 5.75 Å². The lowest BCUT2D eigenvalue weighted by molar-refractivity contribution is -0.124. The number of carbonyl (C=O) groups excluding carboxylic acids is 1. The molecular formula is C29H40N2O4. The number of carbonyl (C=O) groups is 1. The molecule has 1 heterocycles. The van der Waals surface area contributed by atoms with Gasteiger partial charge in [-0.05, 0) is 73.7 Å². The van der Waals surface area contributed by atoms with Crippen LogP contribution in [0.2, 0.25) is 0 Å². The molecule has 0 aromatic heterocycles. The lowest BCUT2D eigenvalue weighted by Crippen LogP contribution is -2.51. The molecule has 1 spiro atoms. The summed E-state index contributed by atoms with van der Waals surface area (Å²) >= 11 is 0. The molecule has 1 fully saturated rings. The van der Waals surface area contributed by atoms with Gasteiger partial charge in [0.25, 0.3) is 0 Å². The van der Waals surface area contributed by atoms with E-state index in [4.69, 9.17) is 14.2 Å². The van der Waals surface area contributed by atoms with E-state index in [0.717, 1.165) is 38.2 Å². The first kappa shape index (κ1) is 25.7. The van der Waals surface area contributed by atoms with Crippen LogP contribution in [0.4, 0.5) is 0 Å². The summed E-state index contributed by atoms with van der Waals surface area (Å²) < 4.78 is 17.3. The van der Waals surface area contributed by atoms with E-state index in [1.54, 1.807) is 14.2 Å². The molecule has 6 nitrogen and oxygen atoms in total. The van der Waals surface area contributed by atoms with Crippen molar-refractivity contribution in [3.63, 3.8) is 0 Å². The van der Waals surface area contributed by atoms with Crippen molar-refractivity contribution >= 4 is 5.91 Å². The van der Waals surface area contributed by atoms with Gasteiger partial charge in [-0.2, -0.15) is 0 Å². The molecule has 190 valence electrons. The number of amides is 1. The fourth-order valence-electron chi connectivity index (χ4n) is 5.95. The first-order valence-electron chi connectivity index (χ1n) is 12.8. The van der Waals surface area contributed by atoms with Crippen molar-refractivity contribution in [1.29, 1.82) is 0 Å². The molecule has 2 atom stereocenters. The van der Waals surface area contributed by atoms with Gasteiger partial charge in [-0.25, -0.2) is 0 Å². The molecule has 2 aromatic carbocycles. The Kier molecular flexibility index (Phi) is 8.15. The second-order valence-corrected chi connectivity index (χ2v) is 9.88. The summed E-state index contributed by atoms with van der Waals surface area (Å²) in [6.45, 7) is 10.2. The number of ether oxygens (including phenoxy) is 3. The van der Waals surface area contributed by atoms with E-state index >= 15 is 0 Å². The third-order valence-electron chi connectivity index (χ3n) is 8.11. The number of fused-ring (bicyclic) bond motifs is 2. The van der Waals surface area contributed by atoms with Gasteiger partial charge in [0, 0.05) is 25.5 Å². The minimum atomic E-state index is -0.131. The maximum Gasteiger partial charge on any atom is 0.220 e. The van der Waals surface area contributed by atoms with Crippen LogP contribution in [-0.4, -0.2) is 57.4 Å². The Hall–Kier alpha value is -2.41. The zero-order valence-electron chi connectivity index (χ0n) is 21.9. The molecule has 1 amide bonds. The van der Waals surface area contributed by atoms with Crippen LogP contribution in [0.15, 0.2) is 36.4 Å². The zero-order valence-corrected chi connectivity index (χ0v) is 21.9. The summed E-state index contributed by atoms with van der Waals surface area (Å²) in [6, 6.07) is 12.7. The number of hydrogen-bond acceptors (Lipinski definition) is 5. The Bertz CT molecular complexity index is 1030. The fourth-order valence-corrected chi connectivity index (χ4v) is 5.95. The Balaban J connectivity index is 1.57. The number of nitrogens with zero attached hydrogens (tertiary/aromatic N) is 1. The molecule has 1 saturated heterocycles. The number of piperidine rings is 1. The molecule has 6 heteroatoms. The number of nitrogens with one attached hydrogen (secondary N) is 1. The van der Waals surface area contributed by atoms with E-state index in [-0.39, 0.29) is 23.5 Å². The summed E-state index contributed by atoms with van der Waals surface area (Å²) in [5.41, 5.74) is 6.29. The third kappa shape index (κ3) is 4.97. The van der Waals surface area contributed by atoms with Crippen LogP contribution in [0.25, 0.3) is 0 Å². The van der Waals surface area contributed by atoms with Gasteiger partial charge in [0.05, 0.1) is 32.5 Å². The van der Waals surface area contributed by atoms with Crippen LogP contribution in [0, 0.1) is 13.8 Å². The first-order chi connectivity index (χ1) is 16.9. The Labute approximate surface area is 209 Å². The number of methoxy groups -OCH3 is 2. The highest BCUT2D eigenvalue weighted by Gasteiger charge is 2.54. The monoisotopic (exact) mass is 480 g/mol. The summed E-state index contributed by atoms with van der Waals surface area (Å²) in [4.78, 5) is 15.0. The van der Waals surface area contributed by atoms with E-state index in [0.29, 0.717) is 19.6 Å². The van der Waals surface area contributed by atoms with Crippen molar-refractivity contribution in [2.75, 3.05) is 40.5 Å². The van der Waals surface area contributed by atoms with Gasteiger partial charge in [-0.1, -0.05) is 37.3 Å². The van der Waals surface area contributed by atoms with Gasteiger partial charge in [0.2, 0.25) is 5.91 Å². The maximum absolute atomic E-state index is 12.5. The Morgan fingerprint density at radius 2 is 1.80 bits per heavy atom. The number of likely N-dealkylation sites (tertiary alicyclic amines) is 1. The van der Waals surface area contributed by atoms with Gasteiger partial charge in [0.15, 0.2) is 0 Å². The summed E-state index contributed by atoms with van der Waals surface area (Å²) in [5, 5.41) is 3.28. The van der Waals surface area contributed by atoms with Crippen LogP contribution in [0.3, 0.4) is 0 Å². The van der Waals surface area contributed by atoms with Gasteiger partial charge in [-0.15, -0.1) is 0 Å². The van der Waals surface area contributed by atoms with Crippen molar-refractivity contribution in [2.45, 2.75) is 64.1 Å². The van der Waals surface area contributed by atoms with Crippen LogP contribution in [0.1, 0.15) is 60.0 Å². The average molecular weight is 481 g/mol. The quantitative estimate of drug-likeness (QED) is 0.537. The second-order valence-electron chi connectivity index (χ2n) is 9.88. The summed E-state index contributed by atoms with van der Waals surface area (Å²) in [5.74, 6) is 1.01. The van der Waals surface area contributed by atoms with Crippen LogP contribution in [-0.2, 0) is 26.2 Å². The molecule has 1 N–H and O–H groups in total. The lowest BCUT2D eigenvalue weighted by Gasteiger charge is -2.44. The Morgan fingerprint density at radius 3 is 2.49 bits per heavy atom. The van der Waals surface area contributed by atoms with E-state index in [1.807, 2.05) is 6.92 Å². The normalized spacial score (nSPS) is 21.2. The molecule has 0 bridgehead atoms. The minimum absolute atomic E-state index is 0.0602. The van der Waals surface area contributed by atoms with Crippen molar-refractivity contribution in [2.24, 2.45) is 0 Å². The van der Waals surface area contributed by atoms with E-state index < -0.39 is 0 Å². The molecule has 4 rings (SSSR count). The SMILES string of the molecule is CCC(=O)N[C@@H]1c2ccccc2C2(CCN(Cc3ccc(OC)c(C)c3C)CC2)[C@H]1OCCOC. The highest BCUT2D eigenvalue weighted by molar-refractivity contribution is 5.76. The van der Waals surface area contributed by atoms with Crippen LogP contribution >= 0.6 is 0 Å². The molecule has 35 heavy (non-hydrogen) atoms. The highest BCUT2D eigenvalue weighted by Crippen LogP contribution is 2.52. The molecule has 2 aliphatic rings. The molecule has 1 aliphatic carbocycles. The van der Waals surface area contributed by atoms with Gasteiger partial charge < -0.3 is 19.5 Å². The maximum atomic E-state index is 12.5. The fraction of sp³-hybridized carbons (Fsp3) is 0.552. The predicted molar refractivity (Wildman–Crippen MR) is 138 cm³/mol. The average Bonchev–Trinajstić information content (AvgIpc) is 3.12.